The minimum atomic E-state index is -1.76. The van der Waals surface area contributed by atoms with E-state index in [1.165, 1.54) is 55.5 Å². The lowest BCUT2D eigenvalue weighted by Gasteiger charge is -2.06. The largest absolute Gasteiger partial charge is 0.423 e. The Hall–Kier alpha value is -2.49. The third-order valence-corrected chi connectivity index (χ3v) is 4.13. The molecule has 26 heavy (non-hydrogen) atoms. The number of rotatable bonds is 9. The quantitative estimate of drug-likeness (QED) is 0.285. The molecule has 0 aliphatic carbocycles. The highest BCUT2D eigenvalue weighted by Gasteiger charge is 2.08. The fourth-order valence-corrected chi connectivity index (χ4v) is 2.66. The van der Waals surface area contributed by atoms with Crippen LogP contribution in [0.1, 0.15) is 60.5 Å². The van der Waals surface area contributed by atoms with Crippen LogP contribution in [-0.2, 0) is 6.42 Å². The van der Waals surface area contributed by atoms with Gasteiger partial charge in [0.1, 0.15) is 5.75 Å². The summed E-state index contributed by atoms with van der Waals surface area (Å²) in [4.78, 5) is 12.2. The summed E-state index contributed by atoms with van der Waals surface area (Å²) < 4.78 is 29.7. The van der Waals surface area contributed by atoms with Gasteiger partial charge in [0, 0.05) is 6.08 Å². The van der Waals surface area contributed by atoms with Gasteiger partial charge < -0.3 is 4.74 Å². The smallest absolute Gasteiger partial charge is 0.343 e. The zero-order valence-corrected chi connectivity index (χ0v) is 15.0. The zero-order chi connectivity index (χ0) is 18.8. The predicted molar refractivity (Wildman–Crippen MR) is 100 cm³/mol. The van der Waals surface area contributed by atoms with Crippen LogP contribution in [0.2, 0.25) is 0 Å². The van der Waals surface area contributed by atoms with Crippen LogP contribution in [0, 0.1) is 0 Å². The third-order valence-electron chi connectivity index (χ3n) is 4.13. The topological polar surface area (TPSA) is 26.3 Å². The Morgan fingerprint density at radius 2 is 1.58 bits per heavy atom. The Labute approximate surface area is 153 Å². The number of esters is 1. The maximum atomic E-state index is 12.2. The van der Waals surface area contributed by atoms with Crippen LogP contribution in [0.4, 0.5) is 8.78 Å². The first kappa shape index (κ1) is 19.8. The number of hydrogen-bond acceptors (Lipinski definition) is 2. The lowest BCUT2D eigenvalue weighted by atomic mass is 10.0. The molecule has 0 aromatic heterocycles. The van der Waals surface area contributed by atoms with Crippen molar-refractivity contribution in [2.45, 2.75) is 45.4 Å². The van der Waals surface area contributed by atoms with E-state index in [0.29, 0.717) is 16.9 Å². The molecule has 0 heterocycles. The summed E-state index contributed by atoms with van der Waals surface area (Å²) in [5.41, 5.74) is 2.04. The van der Waals surface area contributed by atoms with Crippen molar-refractivity contribution in [2.75, 3.05) is 0 Å². The molecule has 138 valence electrons. The molecule has 0 radical (unpaired) electrons. The van der Waals surface area contributed by atoms with Crippen LogP contribution >= 0.6 is 0 Å². The fourth-order valence-electron chi connectivity index (χ4n) is 2.66. The Kier molecular flexibility index (Phi) is 8.00. The standard InChI is InChI=1S/C22H24F2O2/c1-2-3-4-5-6-7-17-8-12-19(13-9-17)22(25)26-20-14-10-18(11-15-20)16-21(23)24/h8-16H,2-7H2,1H3. The normalized spacial score (nSPS) is 10.4. The van der Waals surface area contributed by atoms with Crippen LogP contribution in [0.25, 0.3) is 6.08 Å². The van der Waals surface area contributed by atoms with E-state index >= 15 is 0 Å². The molecule has 0 bridgehead atoms. The van der Waals surface area contributed by atoms with Gasteiger partial charge in [-0.15, -0.1) is 0 Å². The number of ether oxygens (including phenoxy) is 1. The fraction of sp³-hybridized carbons (Fsp3) is 0.318. The first-order valence-electron chi connectivity index (χ1n) is 9.02. The van der Waals surface area contributed by atoms with E-state index in [1.54, 1.807) is 12.1 Å². The number of carbonyl (C=O) groups is 1. The zero-order valence-electron chi connectivity index (χ0n) is 15.0. The molecule has 0 saturated carbocycles. The third kappa shape index (κ3) is 6.79. The molecule has 0 unspecified atom stereocenters. The van der Waals surface area contributed by atoms with Crippen LogP contribution < -0.4 is 4.74 Å². The molecule has 4 heteroatoms. The molecule has 2 aromatic carbocycles. The summed E-state index contributed by atoms with van der Waals surface area (Å²) in [6, 6.07) is 13.4. The van der Waals surface area contributed by atoms with E-state index in [4.69, 9.17) is 4.74 Å². The number of carbonyl (C=O) groups excluding carboxylic acids is 1. The van der Waals surface area contributed by atoms with Gasteiger partial charge in [0.05, 0.1) is 5.56 Å². The second-order valence-corrected chi connectivity index (χ2v) is 6.25. The molecule has 0 N–H and O–H groups in total. The van der Waals surface area contributed by atoms with Crippen LogP contribution in [0.3, 0.4) is 0 Å². The number of hydrogen-bond donors (Lipinski definition) is 0. The van der Waals surface area contributed by atoms with Crippen molar-refractivity contribution >= 4 is 12.0 Å². The first-order chi connectivity index (χ1) is 12.6. The average molecular weight is 358 g/mol. The second kappa shape index (κ2) is 10.5. The van der Waals surface area contributed by atoms with Gasteiger partial charge in [0.15, 0.2) is 0 Å². The summed E-state index contributed by atoms with van der Waals surface area (Å²) in [5, 5.41) is 0. The van der Waals surface area contributed by atoms with Gasteiger partial charge in [-0.25, -0.2) is 4.79 Å². The molecule has 2 nitrogen and oxygen atoms in total. The molecule has 0 aliphatic heterocycles. The summed E-state index contributed by atoms with van der Waals surface area (Å²) in [7, 11) is 0. The van der Waals surface area contributed by atoms with Crippen molar-refractivity contribution in [3.8, 4) is 5.75 Å². The monoisotopic (exact) mass is 358 g/mol. The van der Waals surface area contributed by atoms with Gasteiger partial charge in [-0.2, -0.15) is 8.78 Å². The van der Waals surface area contributed by atoms with Crippen LogP contribution in [0.15, 0.2) is 54.6 Å². The van der Waals surface area contributed by atoms with Crippen LogP contribution in [0.5, 0.6) is 5.75 Å². The second-order valence-electron chi connectivity index (χ2n) is 6.25. The summed E-state index contributed by atoms with van der Waals surface area (Å²) >= 11 is 0. The molecular weight excluding hydrogens is 334 g/mol. The highest BCUT2D eigenvalue weighted by Crippen LogP contribution is 2.17. The number of aryl methyl sites for hydroxylation is 1. The van der Waals surface area contributed by atoms with E-state index in [9.17, 15) is 13.6 Å². The predicted octanol–water partition coefficient (Wildman–Crippen LogP) is 6.66. The number of benzene rings is 2. The minimum Gasteiger partial charge on any atom is -0.423 e. The summed E-state index contributed by atoms with van der Waals surface area (Å²) in [6.07, 6.45) is 6.19. The van der Waals surface area contributed by atoms with Crippen molar-refractivity contribution in [3.05, 3.63) is 71.3 Å². The molecule has 2 aromatic rings. The van der Waals surface area contributed by atoms with E-state index in [0.717, 1.165) is 18.9 Å². The van der Waals surface area contributed by atoms with Crippen molar-refractivity contribution in [3.63, 3.8) is 0 Å². The number of unbranched alkanes of at least 4 members (excludes halogenated alkanes) is 4. The number of halogens is 2. The average Bonchev–Trinajstić information content (AvgIpc) is 2.63. The Morgan fingerprint density at radius 1 is 0.923 bits per heavy atom. The minimum absolute atomic E-state index is 0.325. The molecule has 0 fully saturated rings. The van der Waals surface area contributed by atoms with Gasteiger partial charge in [-0.3, -0.25) is 0 Å². The highest BCUT2D eigenvalue weighted by molar-refractivity contribution is 5.91. The lowest BCUT2D eigenvalue weighted by molar-refractivity contribution is 0.0734. The first-order valence-corrected chi connectivity index (χ1v) is 9.02. The summed E-state index contributed by atoms with van der Waals surface area (Å²) in [6.45, 7) is 2.20. The maximum absolute atomic E-state index is 12.2. The highest BCUT2D eigenvalue weighted by atomic mass is 19.3. The SMILES string of the molecule is CCCCCCCc1ccc(C(=O)Oc2ccc(C=C(F)F)cc2)cc1. The Morgan fingerprint density at radius 3 is 2.19 bits per heavy atom. The van der Waals surface area contributed by atoms with E-state index in [2.05, 4.69) is 6.92 Å². The summed E-state index contributed by atoms with van der Waals surface area (Å²) in [5.74, 6) is -0.133. The van der Waals surface area contributed by atoms with Crippen LogP contribution in [-0.4, -0.2) is 5.97 Å². The lowest BCUT2D eigenvalue weighted by Crippen LogP contribution is -2.08. The molecular formula is C22H24F2O2. The van der Waals surface area contributed by atoms with Gasteiger partial charge in [-0.1, -0.05) is 56.9 Å². The van der Waals surface area contributed by atoms with Crippen molar-refractivity contribution in [2.24, 2.45) is 0 Å². The van der Waals surface area contributed by atoms with E-state index in [-0.39, 0.29) is 0 Å². The van der Waals surface area contributed by atoms with E-state index in [1.807, 2.05) is 12.1 Å². The maximum Gasteiger partial charge on any atom is 0.343 e. The van der Waals surface area contributed by atoms with Gasteiger partial charge in [0.2, 0.25) is 0 Å². The van der Waals surface area contributed by atoms with Gasteiger partial charge >= 0.3 is 5.97 Å². The van der Waals surface area contributed by atoms with Gasteiger partial charge in [0.25, 0.3) is 6.08 Å². The molecule has 0 aliphatic rings. The Balaban J connectivity index is 1.86. The van der Waals surface area contributed by atoms with Crippen molar-refractivity contribution in [1.82, 2.24) is 0 Å². The molecule has 2 rings (SSSR count). The van der Waals surface area contributed by atoms with Crippen molar-refractivity contribution in [1.29, 1.82) is 0 Å². The van der Waals surface area contributed by atoms with Gasteiger partial charge in [-0.05, 0) is 48.2 Å². The molecule has 0 amide bonds. The molecule has 0 spiro atoms. The molecule has 0 atom stereocenters. The van der Waals surface area contributed by atoms with Crippen molar-refractivity contribution < 1.29 is 18.3 Å². The van der Waals surface area contributed by atoms with E-state index < -0.39 is 12.0 Å². The Bertz CT molecular complexity index is 715. The molecule has 0 saturated heterocycles.